The molecule has 0 aliphatic heterocycles. The van der Waals surface area contributed by atoms with Crippen molar-refractivity contribution in [2.45, 2.75) is 39.0 Å². The van der Waals surface area contributed by atoms with E-state index in [9.17, 15) is 0 Å². The van der Waals surface area contributed by atoms with Crippen LogP contribution in [0, 0.1) is 0 Å². The van der Waals surface area contributed by atoms with Crippen LogP contribution in [0.25, 0.3) is 0 Å². The predicted octanol–water partition coefficient (Wildman–Crippen LogP) is 3.36. The molecule has 1 N–H and O–H groups in total. The van der Waals surface area contributed by atoms with Crippen LogP contribution in [0.1, 0.15) is 41.0 Å². The maximum atomic E-state index is 9.07. The Kier molecular flexibility index (Phi) is 8.00. The van der Waals surface area contributed by atoms with Crippen LogP contribution < -0.4 is 0 Å². The number of phenols is 1. The molecule has 0 radical (unpaired) electrons. The summed E-state index contributed by atoms with van der Waals surface area (Å²) in [5.74, 6) is 0.359. The van der Waals surface area contributed by atoms with Crippen molar-refractivity contribution in [2.75, 3.05) is 0 Å². The molecule has 0 aliphatic rings. The predicted molar refractivity (Wildman–Crippen MR) is 63.9 cm³/mol. The molecule has 0 amide bonds. The maximum Gasteiger partial charge on any atom is 2.00 e. The van der Waals surface area contributed by atoms with E-state index < -0.39 is 0 Å². The van der Waals surface area contributed by atoms with Crippen molar-refractivity contribution in [3.63, 3.8) is 0 Å². The Morgan fingerprint density at radius 1 is 1.07 bits per heavy atom. The molecular formula is C12H20MgO. The average Bonchev–Trinajstić information content (AvgIpc) is 2.15. The van der Waals surface area contributed by atoms with Crippen LogP contribution >= 0.6 is 0 Å². The Morgan fingerprint density at radius 2 is 1.71 bits per heavy atom. The zero-order valence-electron chi connectivity index (χ0n) is 11.0. The van der Waals surface area contributed by atoms with Gasteiger partial charge in [0.05, 0.1) is 0 Å². The van der Waals surface area contributed by atoms with Gasteiger partial charge in [-0.25, -0.2) is 0 Å². The molecule has 1 nitrogen and oxygen atoms in total. The van der Waals surface area contributed by atoms with Crippen LogP contribution in [0.15, 0.2) is 24.3 Å². The minimum Gasteiger partial charge on any atom is -1.00 e. The van der Waals surface area contributed by atoms with Gasteiger partial charge in [0.25, 0.3) is 0 Å². The van der Waals surface area contributed by atoms with Gasteiger partial charge in [0.15, 0.2) is 0 Å². The summed E-state index contributed by atoms with van der Waals surface area (Å²) < 4.78 is 0. The number of hydrogen-bond acceptors (Lipinski definition) is 1. The van der Waals surface area contributed by atoms with Crippen molar-refractivity contribution in [3.8, 4) is 5.75 Å². The molecule has 0 spiro atoms. The molecule has 0 heterocycles. The van der Waals surface area contributed by atoms with E-state index in [0.717, 1.165) is 6.42 Å². The van der Waals surface area contributed by atoms with Crippen molar-refractivity contribution in [1.29, 1.82) is 0 Å². The first kappa shape index (κ1) is 13.8. The topological polar surface area (TPSA) is 20.2 Å². The van der Waals surface area contributed by atoms with Crippen LogP contribution in [0.5, 0.6) is 5.75 Å². The first-order valence-electron chi connectivity index (χ1n) is 5.11. The third-order valence-electron chi connectivity index (χ3n) is 2.26. The fourth-order valence-corrected chi connectivity index (χ4v) is 1.42. The van der Waals surface area contributed by atoms with E-state index in [0.29, 0.717) is 5.75 Å². The van der Waals surface area contributed by atoms with E-state index >= 15 is 0 Å². The Hall–Kier alpha value is -0.214. The zero-order chi connectivity index (χ0) is 9.52. The summed E-state index contributed by atoms with van der Waals surface area (Å²) in [4.78, 5) is 0. The molecule has 0 aromatic heterocycles. The van der Waals surface area contributed by atoms with Gasteiger partial charge >= 0.3 is 23.1 Å². The maximum absolute atomic E-state index is 9.07. The SMILES string of the molecule is CCCCCCc1ccc(O)cc1.[H-].[H-].[Mg+2]. The Morgan fingerprint density at radius 3 is 2.29 bits per heavy atom. The van der Waals surface area contributed by atoms with Gasteiger partial charge < -0.3 is 7.96 Å². The van der Waals surface area contributed by atoms with Crippen LogP contribution in [-0.2, 0) is 6.42 Å². The number of phenolic OH excluding ortho intramolecular Hbond substituents is 1. The summed E-state index contributed by atoms with van der Waals surface area (Å²) >= 11 is 0. The second-order valence-corrected chi connectivity index (χ2v) is 3.48. The Bertz CT molecular complexity index is 239. The Labute approximate surface area is 106 Å². The minimum atomic E-state index is 0. The molecule has 0 bridgehead atoms. The van der Waals surface area contributed by atoms with Gasteiger partial charge in [-0.1, -0.05) is 38.3 Å². The van der Waals surface area contributed by atoms with Crippen LogP contribution in [0.2, 0.25) is 0 Å². The molecule has 0 saturated carbocycles. The van der Waals surface area contributed by atoms with E-state index in [1.807, 2.05) is 12.1 Å². The summed E-state index contributed by atoms with van der Waals surface area (Å²) in [6.45, 7) is 2.22. The van der Waals surface area contributed by atoms with Crippen molar-refractivity contribution < 1.29 is 7.96 Å². The van der Waals surface area contributed by atoms with Crippen molar-refractivity contribution in [3.05, 3.63) is 29.8 Å². The van der Waals surface area contributed by atoms with Crippen molar-refractivity contribution in [1.82, 2.24) is 0 Å². The smallest absolute Gasteiger partial charge is 1.00 e. The number of hydrogen-bond donors (Lipinski definition) is 1. The van der Waals surface area contributed by atoms with Gasteiger partial charge in [-0.2, -0.15) is 0 Å². The number of unbranched alkanes of at least 4 members (excludes halogenated alkanes) is 3. The number of benzene rings is 1. The quantitative estimate of drug-likeness (QED) is 0.576. The second kappa shape index (κ2) is 8.12. The fourth-order valence-electron chi connectivity index (χ4n) is 1.42. The number of rotatable bonds is 5. The van der Waals surface area contributed by atoms with Crippen molar-refractivity contribution >= 4 is 23.1 Å². The fraction of sp³-hybridized carbons (Fsp3) is 0.500. The van der Waals surface area contributed by atoms with E-state index in [2.05, 4.69) is 6.92 Å². The summed E-state index contributed by atoms with van der Waals surface area (Å²) in [6.07, 6.45) is 6.34. The molecule has 1 aromatic carbocycles. The molecule has 76 valence electrons. The molecule has 0 atom stereocenters. The van der Waals surface area contributed by atoms with Crippen LogP contribution in [0.3, 0.4) is 0 Å². The average molecular weight is 205 g/mol. The third kappa shape index (κ3) is 5.50. The molecule has 1 aromatic rings. The molecular weight excluding hydrogens is 184 g/mol. The summed E-state index contributed by atoms with van der Waals surface area (Å²) in [5, 5.41) is 9.07. The van der Waals surface area contributed by atoms with Gasteiger partial charge in [0, 0.05) is 0 Å². The molecule has 0 fully saturated rings. The van der Waals surface area contributed by atoms with Gasteiger partial charge in [-0.15, -0.1) is 0 Å². The van der Waals surface area contributed by atoms with Gasteiger partial charge in [0.2, 0.25) is 0 Å². The molecule has 0 saturated heterocycles. The standard InChI is InChI=1S/C12H18O.Mg.2H/c1-2-3-4-5-6-11-7-9-12(13)10-8-11;;;/h7-10,13H,2-6H2,1H3;;;/q;+2;2*-1. The monoisotopic (exact) mass is 204 g/mol. The third-order valence-corrected chi connectivity index (χ3v) is 2.26. The molecule has 0 unspecified atom stereocenters. The molecule has 14 heavy (non-hydrogen) atoms. The molecule has 0 aliphatic carbocycles. The van der Waals surface area contributed by atoms with Gasteiger partial charge in [-0.05, 0) is 30.5 Å². The van der Waals surface area contributed by atoms with Gasteiger partial charge in [0.1, 0.15) is 5.75 Å². The van der Waals surface area contributed by atoms with Crippen LogP contribution in [0.4, 0.5) is 0 Å². The molecule has 2 heteroatoms. The first-order chi connectivity index (χ1) is 6.33. The van der Waals surface area contributed by atoms with E-state index in [1.54, 1.807) is 12.1 Å². The number of aromatic hydroxyl groups is 1. The normalized spacial score (nSPS) is 9.50. The van der Waals surface area contributed by atoms with E-state index in [1.165, 1.54) is 31.2 Å². The summed E-state index contributed by atoms with van der Waals surface area (Å²) in [5.41, 5.74) is 1.33. The van der Waals surface area contributed by atoms with Crippen LogP contribution in [-0.4, -0.2) is 28.2 Å². The molecule has 1 rings (SSSR count). The minimum absolute atomic E-state index is 0. The summed E-state index contributed by atoms with van der Waals surface area (Å²) in [7, 11) is 0. The largest absolute Gasteiger partial charge is 2.00 e. The first-order valence-corrected chi connectivity index (χ1v) is 5.11. The summed E-state index contributed by atoms with van der Waals surface area (Å²) in [6, 6.07) is 7.52. The van der Waals surface area contributed by atoms with Gasteiger partial charge in [-0.3, -0.25) is 0 Å². The van der Waals surface area contributed by atoms with E-state index in [4.69, 9.17) is 5.11 Å². The zero-order valence-corrected chi connectivity index (χ0v) is 10.4. The Balaban J connectivity index is -0.000000563. The van der Waals surface area contributed by atoms with Crippen molar-refractivity contribution in [2.24, 2.45) is 0 Å². The second-order valence-electron chi connectivity index (χ2n) is 3.48. The number of aryl methyl sites for hydroxylation is 1. The van der Waals surface area contributed by atoms with E-state index in [-0.39, 0.29) is 25.9 Å².